The van der Waals surface area contributed by atoms with Crippen molar-refractivity contribution in [3.05, 3.63) is 11.6 Å². The van der Waals surface area contributed by atoms with Crippen molar-refractivity contribution < 1.29 is 10.2 Å². The van der Waals surface area contributed by atoms with E-state index in [1.807, 2.05) is 0 Å². The van der Waals surface area contributed by atoms with Crippen LogP contribution in [0, 0.1) is 56.7 Å². The molecule has 0 radical (unpaired) electrons. The lowest BCUT2D eigenvalue weighted by atomic mass is 9.32. The van der Waals surface area contributed by atoms with Gasteiger partial charge in [0.2, 0.25) is 0 Å². The van der Waals surface area contributed by atoms with Crippen molar-refractivity contribution in [1.82, 2.24) is 0 Å². The molecule has 0 aromatic heterocycles. The average molecular weight is 471 g/mol. The predicted octanol–water partition coefficient (Wildman–Crippen LogP) is 7.78. The summed E-state index contributed by atoms with van der Waals surface area (Å²) in [6.45, 7) is 17.8. The molecule has 5 aliphatic carbocycles. The van der Waals surface area contributed by atoms with Crippen molar-refractivity contribution in [2.45, 2.75) is 125 Å². The third kappa shape index (κ3) is 3.06. The van der Waals surface area contributed by atoms with Crippen LogP contribution < -0.4 is 0 Å². The number of hydrogen-bond donors (Lipinski definition) is 2. The molecule has 5 aliphatic rings. The first-order valence-electron chi connectivity index (χ1n) is 14.9. The van der Waals surface area contributed by atoms with Gasteiger partial charge in [0.15, 0.2) is 0 Å². The van der Waals surface area contributed by atoms with E-state index in [4.69, 9.17) is 0 Å². The average Bonchev–Trinajstić information content (AvgIpc) is 3.18. The second-order valence-electron chi connectivity index (χ2n) is 15.1. The minimum Gasteiger partial charge on any atom is -0.396 e. The lowest BCUT2D eigenvalue weighted by molar-refractivity contribution is -0.249. The number of rotatable bonds is 3. The normalized spacial score (nSPS) is 54.6. The first-order chi connectivity index (χ1) is 15.9. The second kappa shape index (κ2) is 8.08. The molecule has 2 heteroatoms. The van der Waals surface area contributed by atoms with Crippen LogP contribution in [0.15, 0.2) is 11.6 Å². The van der Waals surface area contributed by atoms with E-state index in [-0.39, 0.29) is 16.9 Å². The van der Waals surface area contributed by atoms with E-state index in [0.717, 1.165) is 24.7 Å². The summed E-state index contributed by atoms with van der Waals surface area (Å²) < 4.78 is 0. The Morgan fingerprint density at radius 3 is 2.24 bits per heavy atom. The summed E-state index contributed by atoms with van der Waals surface area (Å²) in [5, 5.41) is 21.7. The Kier molecular flexibility index (Phi) is 6.01. The van der Waals surface area contributed by atoms with Gasteiger partial charge < -0.3 is 10.2 Å². The molecule has 2 N–H and O–H groups in total. The maximum absolute atomic E-state index is 10.9. The first kappa shape index (κ1) is 25.3. The maximum Gasteiger partial charge on any atom is 0.0594 e. The fourth-order valence-corrected chi connectivity index (χ4v) is 12.0. The van der Waals surface area contributed by atoms with Gasteiger partial charge >= 0.3 is 0 Å². The zero-order valence-corrected chi connectivity index (χ0v) is 23.4. The standard InChI is InChI=1S/C32H54O2/c1-8-9-21(2)22-12-17-32(20-33)19-18-30(6)23(27(22)32)10-11-25-29(5)15-14-26(34)28(3,4)24(29)13-16-31(25,30)7/h9,22-27,33-34H,8,10-20H2,1-7H3/b21-9+/t22-,23+,24-,25?,26?,27?,29-,30+,31+,32+/m0/s1. The van der Waals surface area contributed by atoms with E-state index in [2.05, 4.69) is 54.5 Å². The van der Waals surface area contributed by atoms with Gasteiger partial charge in [-0.25, -0.2) is 0 Å². The van der Waals surface area contributed by atoms with Crippen LogP contribution in [0.4, 0.5) is 0 Å². The van der Waals surface area contributed by atoms with E-state index in [0.29, 0.717) is 40.6 Å². The summed E-state index contributed by atoms with van der Waals surface area (Å²) in [4.78, 5) is 0. The van der Waals surface area contributed by atoms with Gasteiger partial charge in [-0.05, 0) is 134 Å². The Morgan fingerprint density at radius 1 is 0.824 bits per heavy atom. The molecule has 0 saturated heterocycles. The molecule has 5 saturated carbocycles. The van der Waals surface area contributed by atoms with Gasteiger partial charge in [0.05, 0.1) is 6.10 Å². The smallest absolute Gasteiger partial charge is 0.0594 e. The van der Waals surface area contributed by atoms with Crippen LogP contribution in [0.3, 0.4) is 0 Å². The van der Waals surface area contributed by atoms with Gasteiger partial charge in [0, 0.05) is 6.61 Å². The third-order valence-electron chi connectivity index (χ3n) is 14.0. The summed E-state index contributed by atoms with van der Waals surface area (Å²) in [5.74, 6) is 3.47. The summed E-state index contributed by atoms with van der Waals surface area (Å²) in [7, 11) is 0. The summed E-state index contributed by atoms with van der Waals surface area (Å²) in [5.41, 5.74) is 2.89. The van der Waals surface area contributed by atoms with Crippen LogP contribution in [0.5, 0.6) is 0 Å². The van der Waals surface area contributed by atoms with Crippen LogP contribution in [-0.2, 0) is 0 Å². The first-order valence-corrected chi connectivity index (χ1v) is 14.9. The quantitative estimate of drug-likeness (QED) is 0.413. The monoisotopic (exact) mass is 470 g/mol. The van der Waals surface area contributed by atoms with Gasteiger partial charge in [-0.3, -0.25) is 0 Å². The molecule has 5 rings (SSSR count). The topological polar surface area (TPSA) is 40.5 Å². The van der Waals surface area contributed by atoms with Crippen molar-refractivity contribution in [3.8, 4) is 0 Å². The van der Waals surface area contributed by atoms with E-state index >= 15 is 0 Å². The molecule has 0 bridgehead atoms. The molecule has 5 fully saturated rings. The SMILES string of the molecule is CC/C=C(\C)[C@@H]1CC[C@]2(CO)CC[C@]3(C)[C@H](CCC4[C@@]5(C)CCC(O)C(C)(C)[C@@H]5CC[C@]43C)C12. The van der Waals surface area contributed by atoms with Crippen LogP contribution >= 0.6 is 0 Å². The Bertz CT molecular complexity index is 829. The number of aliphatic hydroxyl groups excluding tert-OH is 2. The van der Waals surface area contributed by atoms with Crippen LogP contribution in [0.25, 0.3) is 0 Å². The van der Waals surface area contributed by atoms with Crippen molar-refractivity contribution in [3.63, 3.8) is 0 Å². The lowest BCUT2D eigenvalue weighted by Gasteiger charge is -2.73. The molecule has 0 aliphatic heterocycles. The van der Waals surface area contributed by atoms with Crippen LogP contribution in [0.2, 0.25) is 0 Å². The van der Waals surface area contributed by atoms with Gasteiger partial charge in [0.25, 0.3) is 0 Å². The molecule has 0 amide bonds. The molecule has 10 atom stereocenters. The second-order valence-corrected chi connectivity index (χ2v) is 15.1. The summed E-state index contributed by atoms with van der Waals surface area (Å²) in [6.07, 6.45) is 16.0. The fraction of sp³-hybridized carbons (Fsp3) is 0.938. The van der Waals surface area contributed by atoms with Gasteiger partial charge in [0.1, 0.15) is 0 Å². The number of hydrogen-bond acceptors (Lipinski definition) is 2. The molecule has 194 valence electrons. The van der Waals surface area contributed by atoms with E-state index < -0.39 is 0 Å². The van der Waals surface area contributed by atoms with Crippen molar-refractivity contribution in [2.75, 3.05) is 6.61 Å². The van der Waals surface area contributed by atoms with Crippen LogP contribution in [-0.4, -0.2) is 22.9 Å². The Hall–Kier alpha value is -0.340. The van der Waals surface area contributed by atoms with Crippen LogP contribution in [0.1, 0.15) is 119 Å². The lowest BCUT2D eigenvalue weighted by Crippen LogP contribution is -2.66. The minimum absolute atomic E-state index is 0.0310. The largest absolute Gasteiger partial charge is 0.396 e. The van der Waals surface area contributed by atoms with Crippen molar-refractivity contribution in [2.24, 2.45) is 56.7 Å². The highest BCUT2D eigenvalue weighted by atomic mass is 16.3. The highest BCUT2D eigenvalue weighted by Crippen LogP contribution is 2.77. The molecule has 0 aromatic rings. The Balaban J connectivity index is 1.54. The Morgan fingerprint density at radius 2 is 1.56 bits per heavy atom. The zero-order valence-electron chi connectivity index (χ0n) is 23.4. The minimum atomic E-state index is -0.144. The van der Waals surface area contributed by atoms with Gasteiger partial charge in [-0.1, -0.05) is 53.2 Å². The summed E-state index contributed by atoms with van der Waals surface area (Å²) in [6, 6.07) is 0. The molecule has 0 spiro atoms. The van der Waals surface area contributed by atoms with Gasteiger partial charge in [-0.15, -0.1) is 0 Å². The zero-order chi connectivity index (χ0) is 24.7. The molecular weight excluding hydrogens is 416 g/mol. The van der Waals surface area contributed by atoms with Crippen molar-refractivity contribution in [1.29, 1.82) is 0 Å². The Labute approximate surface area is 210 Å². The van der Waals surface area contributed by atoms with E-state index in [9.17, 15) is 10.2 Å². The summed E-state index contributed by atoms with van der Waals surface area (Å²) >= 11 is 0. The molecule has 0 aromatic carbocycles. The predicted molar refractivity (Wildman–Crippen MR) is 141 cm³/mol. The van der Waals surface area contributed by atoms with Crippen molar-refractivity contribution >= 4 is 0 Å². The van der Waals surface area contributed by atoms with Gasteiger partial charge in [-0.2, -0.15) is 0 Å². The molecule has 2 nitrogen and oxygen atoms in total. The fourth-order valence-electron chi connectivity index (χ4n) is 12.0. The highest BCUT2D eigenvalue weighted by Gasteiger charge is 2.70. The molecule has 34 heavy (non-hydrogen) atoms. The third-order valence-corrected chi connectivity index (χ3v) is 14.0. The molecular formula is C32H54O2. The molecule has 0 heterocycles. The maximum atomic E-state index is 10.9. The molecule has 3 unspecified atom stereocenters. The number of allylic oxidation sites excluding steroid dienone is 2. The number of fused-ring (bicyclic) bond motifs is 7. The number of aliphatic hydroxyl groups is 2. The van der Waals surface area contributed by atoms with E-state index in [1.165, 1.54) is 57.8 Å². The van der Waals surface area contributed by atoms with E-state index in [1.54, 1.807) is 5.57 Å². The highest BCUT2D eigenvalue weighted by molar-refractivity contribution is 5.22.